The Morgan fingerprint density at radius 1 is 1.03 bits per heavy atom. The topological polar surface area (TPSA) is 89.8 Å². The first-order chi connectivity index (χ1) is 15.5. The third-order valence-electron chi connectivity index (χ3n) is 5.69. The number of anilines is 1. The van der Waals surface area contributed by atoms with E-state index >= 15 is 0 Å². The minimum atomic E-state index is -0.299. The van der Waals surface area contributed by atoms with Crippen LogP contribution in [0, 0.1) is 13.8 Å². The first-order valence-electron chi connectivity index (χ1n) is 10.7. The molecule has 3 heterocycles. The van der Waals surface area contributed by atoms with E-state index in [4.69, 9.17) is 4.98 Å². The number of carbonyl (C=O) groups is 1. The van der Waals surface area contributed by atoms with Crippen LogP contribution >= 0.6 is 11.3 Å². The highest BCUT2D eigenvalue weighted by atomic mass is 32.1. The number of rotatable bonds is 3. The van der Waals surface area contributed by atoms with Crippen LogP contribution < -0.4 is 10.9 Å². The Balaban J connectivity index is 1.42. The molecule has 1 aliphatic heterocycles. The lowest BCUT2D eigenvalue weighted by Crippen LogP contribution is -2.24. The SMILES string of the molecule is Cc1cc(C)cc(-c2nnc(NC(=O)c3ccc4c(=O)n5c(nc4c3)CCCCC5)s2)c1. The fourth-order valence-electron chi connectivity index (χ4n) is 4.22. The first-order valence-corrected chi connectivity index (χ1v) is 11.6. The fraction of sp³-hybridized carbons (Fsp3) is 0.292. The van der Waals surface area contributed by atoms with Gasteiger partial charge in [-0.1, -0.05) is 35.0 Å². The monoisotopic (exact) mass is 445 g/mol. The molecular formula is C24H23N5O2S. The molecule has 162 valence electrons. The Bertz CT molecular complexity index is 1390. The Labute approximate surface area is 189 Å². The summed E-state index contributed by atoms with van der Waals surface area (Å²) in [5.74, 6) is 0.506. The van der Waals surface area contributed by atoms with Gasteiger partial charge >= 0.3 is 0 Å². The molecule has 0 saturated heterocycles. The number of nitrogens with one attached hydrogen (secondary N) is 1. The standard InChI is InChI=1S/C24H23N5O2S/c1-14-10-15(2)12-17(11-14)22-27-28-24(32-22)26-21(30)16-7-8-18-19(13-16)25-20-6-4-3-5-9-29(20)23(18)31/h7-8,10-13H,3-6,9H2,1-2H3,(H,26,28,30). The van der Waals surface area contributed by atoms with E-state index < -0.39 is 0 Å². The number of amides is 1. The molecule has 8 heteroatoms. The van der Waals surface area contributed by atoms with Gasteiger partial charge in [-0.25, -0.2) is 4.98 Å². The van der Waals surface area contributed by atoms with Gasteiger partial charge in [-0.3, -0.25) is 19.5 Å². The van der Waals surface area contributed by atoms with Crippen molar-refractivity contribution in [3.05, 3.63) is 69.3 Å². The molecule has 4 aromatic rings. The molecule has 5 rings (SSSR count). The second-order valence-electron chi connectivity index (χ2n) is 8.27. The molecule has 32 heavy (non-hydrogen) atoms. The van der Waals surface area contributed by atoms with Crippen molar-refractivity contribution in [2.45, 2.75) is 46.1 Å². The Morgan fingerprint density at radius 3 is 2.66 bits per heavy atom. The summed E-state index contributed by atoms with van der Waals surface area (Å²) in [6.07, 6.45) is 3.90. The van der Waals surface area contributed by atoms with Crippen molar-refractivity contribution >= 4 is 33.3 Å². The van der Waals surface area contributed by atoms with Gasteiger partial charge in [-0.05, 0) is 57.0 Å². The zero-order chi connectivity index (χ0) is 22.2. The summed E-state index contributed by atoms with van der Waals surface area (Å²) >= 11 is 1.33. The van der Waals surface area contributed by atoms with Crippen LogP contribution in [-0.2, 0) is 13.0 Å². The van der Waals surface area contributed by atoms with Crippen LogP contribution in [0.15, 0.2) is 41.2 Å². The van der Waals surface area contributed by atoms with Crippen molar-refractivity contribution < 1.29 is 4.79 Å². The lowest BCUT2D eigenvalue weighted by atomic mass is 10.1. The summed E-state index contributed by atoms with van der Waals surface area (Å²) < 4.78 is 1.78. The molecule has 1 amide bonds. The molecule has 2 aromatic heterocycles. The highest BCUT2D eigenvalue weighted by Gasteiger charge is 2.16. The molecule has 0 saturated carbocycles. The van der Waals surface area contributed by atoms with Gasteiger partial charge in [0.05, 0.1) is 10.9 Å². The average molecular weight is 446 g/mol. The molecule has 0 bridgehead atoms. The Hall–Kier alpha value is -3.39. The predicted molar refractivity (Wildman–Crippen MR) is 126 cm³/mol. The second-order valence-corrected chi connectivity index (χ2v) is 9.25. The molecule has 0 atom stereocenters. The van der Waals surface area contributed by atoms with Crippen molar-refractivity contribution in [3.8, 4) is 10.6 Å². The van der Waals surface area contributed by atoms with Crippen molar-refractivity contribution in [1.29, 1.82) is 0 Å². The number of aryl methyl sites for hydroxylation is 3. The highest BCUT2D eigenvalue weighted by molar-refractivity contribution is 7.18. The van der Waals surface area contributed by atoms with Gasteiger partial charge in [-0.15, -0.1) is 10.2 Å². The van der Waals surface area contributed by atoms with E-state index in [0.29, 0.717) is 28.1 Å². The fourth-order valence-corrected chi connectivity index (χ4v) is 4.94. The number of hydrogen-bond donors (Lipinski definition) is 1. The van der Waals surface area contributed by atoms with E-state index in [-0.39, 0.29) is 11.5 Å². The van der Waals surface area contributed by atoms with Crippen molar-refractivity contribution in [2.75, 3.05) is 5.32 Å². The van der Waals surface area contributed by atoms with Gasteiger partial charge in [-0.2, -0.15) is 0 Å². The number of benzene rings is 2. The van der Waals surface area contributed by atoms with Gasteiger partial charge in [0.15, 0.2) is 0 Å². The molecule has 1 N–H and O–H groups in total. The normalized spacial score (nSPS) is 13.6. The van der Waals surface area contributed by atoms with Crippen LogP contribution in [0.5, 0.6) is 0 Å². The molecule has 2 aromatic carbocycles. The van der Waals surface area contributed by atoms with Crippen LogP contribution in [0.25, 0.3) is 21.5 Å². The minimum absolute atomic E-state index is 0.0268. The molecule has 0 unspecified atom stereocenters. The van der Waals surface area contributed by atoms with Crippen LogP contribution in [0.3, 0.4) is 0 Å². The number of carbonyl (C=O) groups excluding carboxylic acids is 1. The first kappa shape index (κ1) is 20.5. The molecule has 0 aliphatic carbocycles. The number of fused-ring (bicyclic) bond motifs is 2. The van der Waals surface area contributed by atoms with E-state index in [2.05, 4.69) is 33.7 Å². The summed E-state index contributed by atoms with van der Waals surface area (Å²) in [6, 6.07) is 11.2. The van der Waals surface area contributed by atoms with E-state index in [9.17, 15) is 9.59 Å². The molecular weight excluding hydrogens is 422 g/mol. The molecule has 0 fully saturated rings. The lowest BCUT2D eigenvalue weighted by Gasteiger charge is -2.10. The predicted octanol–water partition coefficient (Wildman–Crippen LogP) is 4.51. The van der Waals surface area contributed by atoms with E-state index in [1.54, 1.807) is 22.8 Å². The highest BCUT2D eigenvalue weighted by Crippen LogP contribution is 2.28. The molecule has 0 radical (unpaired) electrons. The third-order valence-corrected chi connectivity index (χ3v) is 6.58. The molecule has 0 spiro atoms. The molecule has 1 aliphatic rings. The maximum Gasteiger partial charge on any atom is 0.261 e. The summed E-state index contributed by atoms with van der Waals surface area (Å²) in [5, 5.41) is 12.9. The van der Waals surface area contributed by atoms with Crippen molar-refractivity contribution in [2.24, 2.45) is 0 Å². The number of hydrogen-bond acceptors (Lipinski definition) is 6. The van der Waals surface area contributed by atoms with Crippen LogP contribution in [0.1, 0.15) is 46.6 Å². The zero-order valence-electron chi connectivity index (χ0n) is 18.0. The Morgan fingerprint density at radius 2 is 1.84 bits per heavy atom. The van der Waals surface area contributed by atoms with E-state index in [1.165, 1.54) is 11.3 Å². The summed E-state index contributed by atoms with van der Waals surface area (Å²) in [6.45, 7) is 4.79. The van der Waals surface area contributed by atoms with Gasteiger partial charge in [0, 0.05) is 24.1 Å². The van der Waals surface area contributed by atoms with Gasteiger partial charge < -0.3 is 0 Å². The summed E-state index contributed by atoms with van der Waals surface area (Å²) in [4.78, 5) is 30.5. The maximum absolute atomic E-state index is 12.9. The smallest absolute Gasteiger partial charge is 0.261 e. The van der Waals surface area contributed by atoms with Crippen molar-refractivity contribution in [3.63, 3.8) is 0 Å². The van der Waals surface area contributed by atoms with Crippen LogP contribution in [-0.4, -0.2) is 25.7 Å². The summed E-state index contributed by atoms with van der Waals surface area (Å²) in [7, 11) is 0. The van der Waals surface area contributed by atoms with Gasteiger partial charge in [0.25, 0.3) is 11.5 Å². The lowest BCUT2D eigenvalue weighted by molar-refractivity contribution is 0.102. The zero-order valence-corrected chi connectivity index (χ0v) is 18.8. The number of aromatic nitrogens is 4. The summed E-state index contributed by atoms with van der Waals surface area (Å²) in [5.41, 5.74) is 4.25. The second kappa shape index (κ2) is 8.27. The van der Waals surface area contributed by atoms with Crippen LogP contribution in [0.4, 0.5) is 5.13 Å². The Kier molecular flexibility index (Phi) is 5.30. The van der Waals surface area contributed by atoms with Crippen molar-refractivity contribution in [1.82, 2.24) is 19.7 Å². The minimum Gasteiger partial charge on any atom is -0.296 e. The van der Waals surface area contributed by atoms with E-state index in [1.807, 2.05) is 13.8 Å². The van der Waals surface area contributed by atoms with Gasteiger partial charge in [0.1, 0.15) is 10.8 Å². The average Bonchev–Trinajstić information content (AvgIpc) is 3.09. The molecule has 7 nitrogen and oxygen atoms in total. The van der Waals surface area contributed by atoms with Crippen LogP contribution in [0.2, 0.25) is 0 Å². The van der Waals surface area contributed by atoms with E-state index in [0.717, 1.165) is 53.2 Å². The quantitative estimate of drug-likeness (QED) is 0.501. The van der Waals surface area contributed by atoms with Gasteiger partial charge in [0.2, 0.25) is 5.13 Å². The largest absolute Gasteiger partial charge is 0.296 e. The maximum atomic E-state index is 12.9. The third kappa shape index (κ3) is 3.93. The number of nitrogens with zero attached hydrogens (tertiary/aromatic N) is 4.